The number of pyridine rings is 1. The van der Waals surface area contributed by atoms with E-state index in [0.29, 0.717) is 0 Å². The predicted molar refractivity (Wildman–Crippen MR) is 72.9 cm³/mol. The maximum atomic E-state index is 5.84. The van der Waals surface area contributed by atoms with Crippen LogP contribution in [-0.2, 0) is 0 Å². The van der Waals surface area contributed by atoms with Crippen molar-refractivity contribution < 1.29 is 4.74 Å². The number of hydrogen-bond acceptors (Lipinski definition) is 3. The van der Waals surface area contributed by atoms with Crippen LogP contribution in [0.4, 0.5) is 0 Å². The number of hydrogen-bond donors (Lipinski definition) is 1. The zero-order valence-corrected chi connectivity index (χ0v) is 10.4. The number of aromatic nitrogens is 1. The average molecular weight is 242 g/mol. The lowest BCUT2D eigenvalue weighted by Gasteiger charge is -2.09. The second-order valence-corrected chi connectivity index (χ2v) is 4.76. The summed E-state index contributed by atoms with van der Waals surface area (Å²) in [7, 11) is 0. The van der Waals surface area contributed by atoms with E-state index in [1.54, 1.807) is 0 Å². The number of fused-ring (bicyclic) bond motifs is 1. The van der Waals surface area contributed by atoms with Crippen LogP contribution in [0.15, 0.2) is 36.5 Å². The second-order valence-electron chi connectivity index (χ2n) is 4.76. The second kappa shape index (κ2) is 5.36. The van der Waals surface area contributed by atoms with Crippen LogP contribution in [0.2, 0.25) is 0 Å². The normalized spacial score (nSPS) is 14.9. The molecule has 0 amide bonds. The summed E-state index contributed by atoms with van der Waals surface area (Å²) in [5.74, 6) is 0.937. The van der Waals surface area contributed by atoms with Crippen molar-refractivity contribution in [3.05, 3.63) is 36.5 Å². The van der Waals surface area contributed by atoms with Crippen LogP contribution < -0.4 is 10.1 Å². The zero-order valence-electron chi connectivity index (χ0n) is 10.4. The first-order valence-corrected chi connectivity index (χ1v) is 6.63. The van der Waals surface area contributed by atoms with Gasteiger partial charge in [-0.05, 0) is 50.1 Å². The van der Waals surface area contributed by atoms with E-state index >= 15 is 0 Å². The number of nitrogens with one attached hydrogen (secondary N) is 1. The van der Waals surface area contributed by atoms with E-state index in [1.807, 2.05) is 30.5 Å². The Morgan fingerprint density at radius 1 is 1.22 bits per heavy atom. The van der Waals surface area contributed by atoms with Gasteiger partial charge in [0.05, 0.1) is 12.1 Å². The van der Waals surface area contributed by atoms with Gasteiger partial charge >= 0.3 is 0 Å². The summed E-state index contributed by atoms with van der Waals surface area (Å²) in [6, 6.07) is 10.8. The first-order valence-electron chi connectivity index (χ1n) is 6.63. The Kier molecular flexibility index (Phi) is 3.42. The minimum atomic E-state index is 0.758. The quantitative estimate of drug-likeness (QED) is 0.791. The van der Waals surface area contributed by atoms with Gasteiger partial charge in [-0.2, -0.15) is 0 Å². The molecule has 2 aromatic rings. The summed E-state index contributed by atoms with van der Waals surface area (Å²) >= 11 is 0. The summed E-state index contributed by atoms with van der Waals surface area (Å²) in [4.78, 5) is 4.33. The molecule has 0 atom stereocenters. The van der Waals surface area contributed by atoms with Crippen LogP contribution in [0.1, 0.15) is 19.3 Å². The largest absolute Gasteiger partial charge is 0.493 e. The molecule has 1 N–H and O–H groups in total. The molecule has 1 aliphatic carbocycles. The Morgan fingerprint density at radius 2 is 2.17 bits per heavy atom. The van der Waals surface area contributed by atoms with Gasteiger partial charge in [-0.3, -0.25) is 4.98 Å². The van der Waals surface area contributed by atoms with Gasteiger partial charge in [-0.1, -0.05) is 6.07 Å². The van der Waals surface area contributed by atoms with Crippen molar-refractivity contribution in [2.24, 2.45) is 0 Å². The summed E-state index contributed by atoms with van der Waals surface area (Å²) < 4.78 is 5.84. The molecule has 18 heavy (non-hydrogen) atoms. The number of ether oxygens (including phenoxy) is 1. The number of rotatable bonds is 6. The third kappa shape index (κ3) is 2.79. The van der Waals surface area contributed by atoms with E-state index in [0.717, 1.165) is 42.3 Å². The van der Waals surface area contributed by atoms with Crippen molar-refractivity contribution in [1.82, 2.24) is 10.3 Å². The van der Waals surface area contributed by atoms with E-state index in [9.17, 15) is 0 Å². The average Bonchev–Trinajstić information content (AvgIpc) is 3.23. The lowest BCUT2D eigenvalue weighted by Crippen LogP contribution is -2.19. The molecule has 1 heterocycles. The first kappa shape index (κ1) is 11.5. The molecule has 0 unspecified atom stereocenters. The molecule has 0 saturated heterocycles. The highest BCUT2D eigenvalue weighted by Crippen LogP contribution is 2.23. The summed E-state index contributed by atoms with van der Waals surface area (Å²) in [5.41, 5.74) is 0.992. The maximum absolute atomic E-state index is 5.84. The molecule has 1 fully saturated rings. The van der Waals surface area contributed by atoms with E-state index in [1.165, 1.54) is 12.8 Å². The first-order chi connectivity index (χ1) is 8.93. The van der Waals surface area contributed by atoms with Crippen LogP contribution >= 0.6 is 0 Å². The standard InChI is InChI=1S/C15H18N2O/c1-5-14-13(4-2-9-17-14)15(6-1)18-11-3-10-16-12-7-8-12/h1-2,4-6,9,12,16H,3,7-8,10-11H2. The fourth-order valence-corrected chi connectivity index (χ4v) is 2.05. The Bertz CT molecular complexity index is 517. The van der Waals surface area contributed by atoms with E-state index in [-0.39, 0.29) is 0 Å². The molecule has 0 spiro atoms. The van der Waals surface area contributed by atoms with Gasteiger partial charge in [0.15, 0.2) is 0 Å². The highest BCUT2D eigenvalue weighted by Gasteiger charge is 2.19. The molecule has 3 heteroatoms. The van der Waals surface area contributed by atoms with Crippen molar-refractivity contribution in [3.63, 3.8) is 0 Å². The fraction of sp³-hybridized carbons (Fsp3) is 0.400. The molecule has 1 aromatic heterocycles. The minimum absolute atomic E-state index is 0.758. The highest BCUT2D eigenvalue weighted by molar-refractivity contribution is 5.84. The van der Waals surface area contributed by atoms with Crippen molar-refractivity contribution >= 4 is 10.9 Å². The van der Waals surface area contributed by atoms with Crippen LogP contribution in [0, 0.1) is 0 Å². The molecule has 94 valence electrons. The van der Waals surface area contributed by atoms with Gasteiger partial charge < -0.3 is 10.1 Å². The van der Waals surface area contributed by atoms with Gasteiger partial charge in [0.2, 0.25) is 0 Å². The number of nitrogens with zero attached hydrogens (tertiary/aromatic N) is 1. The SMILES string of the molecule is c1cc(OCCCNC2CC2)c2cccnc2c1. The van der Waals surface area contributed by atoms with Gasteiger partial charge in [0.25, 0.3) is 0 Å². The third-order valence-corrected chi connectivity index (χ3v) is 3.19. The molecule has 1 aliphatic rings. The van der Waals surface area contributed by atoms with E-state index in [4.69, 9.17) is 4.74 Å². The Balaban J connectivity index is 1.56. The highest BCUT2D eigenvalue weighted by atomic mass is 16.5. The molecular weight excluding hydrogens is 224 g/mol. The van der Waals surface area contributed by atoms with Crippen LogP contribution in [0.5, 0.6) is 5.75 Å². The Labute approximate surface area is 107 Å². The predicted octanol–water partition coefficient (Wildman–Crippen LogP) is 2.76. The fourth-order valence-electron chi connectivity index (χ4n) is 2.05. The Hall–Kier alpha value is -1.61. The minimum Gasteiger partial charge on any atom is -0.493 e. The third-order valence-electron chi connectivity index (χ3n) is 3.19. The van der Waals surface area contributed by atoms with Gasteiger partial charge in [0, 0.05) is 17.6 Å². The Morgan fingerprint density at radius 3 is 3.06 bits per heavy atom. The summed E-state index contributed by atoms with van der Waals surface area (Å²) in [5, 5.41) is 4.58. The van der Waals surface area contributed by atoms with Crippen LogP contribution in [-0.4, -0.2) is 24.2 Å². The monoisotopic (exact) mass is 242 g/mol. The van der Waals surface area contributed by atoms with Gasteiger partial charge in [-0.15, -0.1) is 0 Å². The van der Waals surface area contributed by atoms with Crippen molar-refractivity contribution in [2.45, 2.75) is 25.3 Å². The van der Waals surface area contributed by atoms with Crippen molar-refractivity contribution in [1.29, 1.82) is 0 Å². The van der Waals surface area contributed by atoms with Crippen LogP contribution in [0.3, 0.4) is 0 Å². The zero-order chi connectivity index (χ0) is 12.2. The van der Waals surface area contributed by atoms with Gasteiger partial charge in [0.1, 0.15) is 5.75 Å². The molecule has 3 nitrogen and oxygen atoms in total. The molecular formula is C15H18N2O. The summed E-state index contributed by atoms with van der Waals surface area (Å²) in [6.45, 7) is 1.81. The smallest absolute Gasteiger partial charge is 0.128 e. The maximum Gasteiger partial charge on any atom is 0.128 e. The molecule has 0 bridgehead atoms. The molecule has 1 aromatic carbocycles. The van der Waals surface area contributed by atoms with Gasteiger partial charge in [-0.25, -0.2) is 0 Å². The van der Waals surface area contributed by atoms with Crippen molar-refractivity contribution in [3.8, 4) is 5.75 Å². The van der Waals surface area contributed by atoms with Crippen LogP contribution in [0.25, 0.3) is 10.9 Å². The lowest BCUT2D eigenvalue weighted by atomic mass is 10.2. The van der Waals surface area contributed by atoms with E-state index in [2.05, 4.69) is 16.4 Å². The summed E-state index contributed by atoms with van der Waals surface area (Å²) in [6.07, 6.45) is 5.55. The van der Waals surface area contributed by atoms with Crippen molar-refractivity contribution in [2.75, 3.05) is 13.2 Å². The molecule has 1 saturated carbocycles. The topological polar surface area (TPSA) is 34.1 Å². The molecule has 3 rings (SSSR count). The molecule has 0 radical (unpaired) electrons. The molecule has 0 aliphatic heterocycles. The lowest BCUT2D eigenvalue weighted by molar-refractivity contribution is 0.311. The number of benzene rings is 1. The van der Waals surface area contributed by atoms with E-state index < -0.39 is 0 Å².